The van der Waals surface area contributed by atoms with E-state index in [0.717, 1.165) is 19.4 Å². The molecule has 2 unspecified atom stereocenters. The number of nitrogens with two attached hydrogens (primary N) is 1. The second kappa shape index (κ2) is 5.68. The highest BCUT2D eigenvalue weighted by Crippen LogP contribution is 2.41. The van der Waals surface area contributed by atoms with E-state index in [-0.39, 0.29) is 0 Å². The standard InChI is InChI=1S/C16H26N2O/c1-12-11-19-15-10-13(5-6-17)9-14(16(12)15)18-7-3-2-4-8-18/h11,13-14H,2-10,17H2,1H3. The van der Waals surface area contributed by atoms with Gasteiger partial charge in [0.1, 0.15) is 5.76 Å². The summed E-state index contributed by atoms with van der Waals surface area (Å²) in [6.07, 6.45) is 9.53. The number of rotatable bonds is 3. The van der Waals surface area contributed by atoms with E-state index in [1.807, 2.05) is 6.26 Å². The van der Waals surface area contributed by atoms with Crippen LogP contribution in [0.4, 0.5) is 0 Å². The molecule has 0 bridgehead atoms. The molecule has 3 heteroatoms. The zero-order valence-corrected chi connectivity index (χ0v) is 12.0. The highest BCUT2D eigenvalue weighted by Gasteiger charge is 2.34. The van der Waals surface area contributed by atoms with Crippen molar-refractivity contribution < 1.29 is 4.42 Å². The van der Waals surface area contributed by atoms with Crippen molar-refractivity contribution in [1.82, 2.24) is 4.90 Å². The molecule has 0 aromatic carbocycles. The molecule has 1 saturated heterocycles. The molecule has 2 heterocycles. The third-order valence-electron chi connectivity index (χ3n) is 4.87. The first-order valence-electron chi connectivity index (χ1n) is 7.80. The SMILES string of the molecule is Cc1coc2c1C(N1CCCCC1)CC(CCN)C2. The highest BCUT2D eigenvalue weighted by atomic mass is 16.3. The fourth-order valence-electron chi connectivity index (χ4n) is 3.91. The summed E-state index contributed by atoms with van der Waals surface area (Å²) in [6.45, 7) is 5.50. The number of hydrogen-bond acceptors (Lipinski definition) is 3. The molecule has 0 amide bonds. The Labute approximate surface area is 116 Å². The number of aryl methyl sites for hydroxylation is 1. The van der Waals surface area contributed by atoms with Crippen LogP contribution in [0.25, 0.3) is 0 Å². The molecule has 2 aliphatic rings. The minimum Gasteiger partial charge on any atom is -0.469 e. The smallest absolute Gasteiger partial charge is 0.109 e. The van der Waals surface area contributed by atoms with E-state index in [2.05, 4.69) is 11.8 Å². The molecule has 3 rings (SSSR count). The van der Waals surface area contributed by atoms with Crippen LogP contribution >= 0.6 is 0 Å². The fourth-order valence-corrected chi connectivity index (χ4v) is 3.91. The molecule has 2 atom stereocenters. The van der Waals surface area contributed by atoms with Crippen LogP contribution in [-0.4, -0.2) is 24.5 Å². The molecule has 106 valence electrons. The number of furan rings is 1. The molecule has 1 aromatic rings. The summed E-state index contributed by atoms with van der Waals surface area (Å²) >= 11 is 0. The second-order valence-electron chi connectivity index (χ2n) is 6.25. The zero-order valence-electron chi connectivity index (χ0n) is 12.0. The summed E-state index contributed by atoms with van der Waals surface area (Å²) in [4.78, 5) is 2.69. The third-order valence-corrected chi connectivity index (χ3v) is 4.87. The first kappa shape index (κ1) is 13.2. The van der Waals surface area contributed by atoms with E-state index >= 15 is 0 Å². The van der Waals surface area contributed by atoms with Crippen LogP contribution in [0.15, 0.2) is 10.7 Å². The van der Waals surface area contributed by atoms with Crippen molar-refractivity contribution in [2.24, 2.45) is 11.7 Å². The molecule has 1 aliphatic carbocycles. The van der Waals surface area contributed by atoms with E-state index < -0.39 is 0 Å². The van der Waals surface area contributed by atoms with Gasteiger partial charge in [0.15, 0.2) is 0 Å². The Morgan fingerprint density at radius 1 is 1.32 bits per heavy atom. The summed E-state index contributed by atoms with van der Waals surface area (Å²) in [7, 11) is 0. The van der Waals surface area contributed by atoms with Crippen LogP contribution in [0.3, 0.4) is 0 Å². The molecule has 1 fully saturated rings. The van der Waals surface area contributed by atoms with Gasteiger partial charge in [-0.3, -0.25) is 4.90 Å². The highest BCUT2D eigenvalue weighted by molar-refractivity contribution is 5.33. The second-order valence-corrected chi connectivity index (χ2v) is 6.25. The lowest BCUT2D eigenvalue weighted by Gasteiger charge is -2.39. The maximum atomic E-state index is 5.82. The maximum absolute atomic E-state index is 5.82. The summed E-state index contributed by atoms with van der Waals surface area (Å²) in [6, 6.07) is 0.583. The third kappa shape index (κ3) is 2.59. The lowest BCUT2D eigenvalue weighted by Crippen LogP contribution is -2.37. The van der Waals surface area contributed by atoms with Gasteiger partial charge in [0.25, 0.3) is 0 Å². The number of fused-ring (bicyclic) bond motifs is 1. The van der Waals surface area contributed by atoms with Crippen LogP contribution in [-0.2, 0) is 6.42 Å². The van der Waals surface area contributed by atoms with Crippen molar-refractivity contribution in [3.8, 4) is 0 Å². The van der Waals surface area contributed by atoms with Gasteiger partial charge < -0.3 is 10.2 Å². The zero-order chi connectivity index (χ0) is 13.2. The van der Waals surface area contributed by atoms with Gasteiger partial charge in [-0.2, -0.15) is 0 Å². The van der Waals surface area contributed by atoms with Crippen LogP contribution in [0.5, 0.6) is 0 Å². The van der Waals surface area contributed by atoms with Crippen molar-refractivity contribution in [1.29, 1.82) is 0 Å². The van der Waals surface area contributed by atoms with Gasteiger partial charge in [0.05, 0.1) is 6.26 Å². The summed E-state index contributed by atoms with van der Waals surface area (Å²) in [5.74, 6) is 1.94. The van der Waals surface area contributed by atoms with Crippen molar-refractivity contribution in [2.75, 3.05) is 19.6 Å². The minimum atomic E-state index is 0.583. The largest absolute Gasteiger partial charge is 0.469 e. The first-order chi connectivity index (χ1) is 9.29. The molecule has 0 spiro atoms. The number of piperidine rings is 1. The Morgan fingerprint density at radius 2 is 2.11 bits per heavy atom. The van der Waals surface area contributed by atoms with Crippen LogP contribution in [0.1, 0.15) is 55.0 Å². The lowest BCUT2D eigenvalue weighted by molar-refractivity contribution is 0.126. The quantitative estimate of drug-likeness (QED) is 0.910. The first-order valence-corrected chi connectivity index (χ1v) is 7.80. The molecule has 2 N–H and O–H groups in total. The molecular weight excluding hydrogens is 236 g/mol. The summed E-state index contributed by atoms with van der Waals surface area (Å²) in [5, 5.41) is 0. The summed E-state index contributed by atoms with van der Waals surface area (Å²) in [5.41, 5.74) is 8.60. The minimum absolute atomic E-state index is 0.583. The monoisotopic (exact) mass is 262 g/mol. The Kier molecular flexibility index (Phi) is 3.94. The predicted octanol–water partition coefficient (Wildman–Crippen LogP) is 3.03. The van der Waals surface area contributed by atoms with Crippen molar-refractivity contribution in [3.05, 3.63) is 23.2 Å². The van der Waals surface area contributed by atoms with Gasteiger partial charge in [-0.1, -0.05) is 6.42 Å². The van der Waals surface area contributed by atoms with Gasteiger partial charge in [0, 0.05) is 18.0 Å². The summed E-state index contributed by atoms with van der Waals surface area (Å²) < 4.78 is 5.82. The van der Waals surface area contributed by atoms with E-state index in [1.165, 1.54) is 55.7 Å². The molecule has 0 saturated carbocycles. The molecule has 1 aromatic heterocycles. The number of likely N-dealkylation sites (tertiary alicyclic amines) is 1. The fraction of sp³-hybridized carbons (Fsp3) is 0.750. The van der Waals surface area contributed by atoms with Crippen LogP contribution in [0, 0.1) is 12.8 Å². The molecule has 0 radical (unpaired) electrons. The molecule has 1 aliphatic heterocycles. The maximum Gasteiger partial charge on any atom is 0.109 e. The molecular formula is C16H26N2O. The van der Waals surface area contributed by atoms with Gasteiger partial charge in [0.2, 0.25) is 0 Å². The lowest BCUT2D eigenvalue weighted by atomic mass is 9.80. The van der Waals surface area contributed by atoms with E-state index in [4.69, 9.17) is 10.2 Å². The number of hydrogen-bond donors (Lipinski definition) is 1. The Bertz CT molecular complexity index is 420. The number of nitrogens with zero attached hydrogens (tertiary/aromatic N) is 1. The molecule has 19 heavy (non-hydrogen) atoms. The van der Waals surface area contributed by atoms with E-state index in [0.29, 0.717) is 12.0 Å². The van der Waals surface area contributed by atoms with Crippen molar-refractivity contribution in [2.45, 2.75) is 51.5 Å². The average molecular weight is 262 g/mol. The van der Waals surface area contributed by atoms with Gasteiger partial charge >= 0.3 is 0 Å². The topological polar surface area (TPSA) is 42.4 Å². The average Bonchev–Trinajstić information content (AvgIpc) is 2.81. The normalized spacial score (nSPS) is 28.3. The van der Waals surface area contributed by atoms with Gasteiger partial charge in [-0.15, -0.1) is 0 Å². The van der Waals surface area contributed by atoms with Crippen molar-refractivity contribution in [3.63, 3.8) is 0 Å². The van der Waals surface area contributed by atoms with Crippen molar-refractivity contribution >= 4 is 0 Å². The predicted molar refractivity (Wildman–Crippen MR) is 77.1 cm³/mol. The Balaban J connectivity index is 1.85. The van der Waals surface area contributed by atoms with Crippen LogP contribution in [0.2, 0.25) is 0 Å². The van der Waals surface area contributed by atoms with Gasteiger partial charge in [-0.25, -0.2) is 0 Å². The Morgan fingerprint density at radius 3 is 2.84 bits per heavy atom. The van der Waals surface area contributed by atoms with Gasteiger partial charge in [-0.05, 0) is 63.7 Å². The van der Waals surface area contributed by atoms with E-state index in [1.54, 1.807) is 0 Å². The van der Waals surface area contributed by atoms with E-state index in [9.17, 15) is 0 Å². The van der Waals surface area contributed by atoms with Crippen LogP contribution < -0.4 is 5.73 Å². The molecule has 3 nitrogen and oxygen atoms in total. The Hall–Kier alpha value is -0.800.